The molecule has 2 rings (SSSR count). The van der Waals surface area contributed by atoms with E-state index in [1.807, 2.05) is 0 Å². The van der Waals surface area contributed by atoms with Crippen molar-refractivity contribution in [3.63, 3.8) is 0 Å². The first-order valence-electron chi connectivity index (χ1n) is 4.60. The maximum atomic E-state index is 9.38. The normalized spacial score (nSPS) is 10.1. The lowest BCUT2D eigenvalue weighted by molar-refractivity contribution is 0.476. The molecule has 76 valence electrons. The Morgan fingerprint density at radius 3 is 3.07 bits per heavy atom. The number of benzene rings is 1. The number of phenols is 1. The Bertz CT molecular complexity index is 496. The predicted octanol–water partition coefficient (Wildman–Crippen LogP) is 1.93. The second kappa shape index (κ2) is 3.96. The fourth-order valence-electron chi connectivity index (χ4n) is 1.35. The molecule has 0 unspecified atom stereocenters. The first kappa shape index (κ1) is 9.45. The maximum Gasteiger partial charge on any atom is 0.137 e. The number of phenolic OH excluding ortho intramolecular Hbond substituents is 1. The van der Waals surface area contributed by atoms with Gasteiger partial charge in [0.05, 0.1) is 5.52 Å². The number of fused-ring (bicyclic) bond motifs is 1. The molecule has 0 spiro atoms. The van der Waals surface area contributed by atoms with E-state index in [0.717, 1.165) is 10.9 Å². The van der Waals surface area contributed by atoms with Gasteiger partial charge in [0, 0.05) is 11.9 Å². The van der Waals surface area contributed by atoms with Crippen molar-refractivity contribution in [1.29, 1.82) is 0 Å². The summed E-state index contributed by atoms with van der Waals surface area (Å²) in [5, 5.41) is 13.3. The smallest absolute Gasteiger partial charge is 0.137 e. The Balaban J connectivity index is 2.52. The summed E-state index contributed by atoms with van der Waals surface area (Å²) < 4.78 is 0. The Hall–Kier alpha value is -2.10. The van der Waals surface area contributed by atoms with Gasteiger partial charge in [0.2, 0.25) is 0 Å². The molecule has 0 saturated carbocycles. The molecule has 0 amide bonds. The summed E-state index contributed by atoms with van der Waals surface area (Å²) in [4.78, 5) is 8.21. The second-order valence-electron chi connectivity index (χ2n) is 3.09. The van der Waals surface area contributed by atoms with E-state index in [4.69, 9.17) is 0 Å². The second-order valence-corrected chi connectivity index (χ2v) is 3.09. The van der Waals surface area contributed by atoms with Crippen molar-refractivity contribution in [2.45, 2.75) is 0 Å². The number of nitrogens with zero attached hydrogens (tertiary/aromatic N) is 2. The Labute approximate surface area is 87.3 Å². The molecule has 0 aliphatic rings. The van der Waals surface area contributed by atoms with E-state index in [-0.39, 0.29) is 5.75 Å². The molecule has 2 aromatic rings. The predicted molar refractivity (Wildman–Crippen MR) is 59.9 cm³/mol. The lowest BCUT2D eigenvalue weighted by Crippen LogP contribution is -2.01. The van der Waals surface area contributed by atoms with E-state index in [2.05, 4.69) is 21.9 Å². The van der Waals surface area contributed by atoms with E-state index >= 15 is 0 Å². The van der Waals surface area contributed by atoms with Crippen LogP contribution in [0.15, 0.2) is 37.2 Å². The highest BCUT2D eigenvalue weighted by molar-refractivity contribution is 5.89. The monoisotopic (exact) mass is 201 g/mol. The molecule has 4 nitrogen and oxygen atoms in total. The SMILES string of the molecule is C=CCNc1ncnc2ccc(O)cc12. The van der Waals surface area contributed by atoms with Crippen molar-refractivity contribution in [2.75, 3.05) is 11.9 Å². The van der Waals surface area contributed by atoms with Crippen LogP contribution in [0.5, 0.6) is 5.75 Å². The summed E-state index contributed by atoms with van der Waals surface area (Å²) in [5.74, 6) is 0.912. The molecule has 2 N–H and O–H groups in total. The molecule has 0 fully saturated rings. The van der Waals surface area contributed by atoms with Gasteiger partial charge in [-0.15, -0.1) is 6.58 Å². The number of aromatic hydroxyl groups is 1. The van der Waals surface area contributed by atoms with Crippen LogP contribution in [-0.4, -0.2) is 21.6 Å². The van der Waals surface area contributed by atoms with Crippen LogP contribution >= 0.6 is 0 Å². The number of aromatic nitrogens is 2. The minimum Gasteiger partial charge on any atom is -0.508 e. The zero-order valence-corrected chi connectivity index (χ0v) is 8.14. The van der Waals surface area contributed by atoms with Crippen molar-refractivity contribution in [3.8, 4) is 5.75 Å². The number of anilines is 1. The van der Waals surface area contributed by atoms with Gasteiger partial charge in [0.25, 0.3) is 0 Å². The van der Waals surface area contributed by atoms with Gasteiger partial charge < -0.3 is 10.4 Å². The Kier molecular flexibility index (Phi) is 2.49. The van der Waals surface area contributed by atoms with Crippen molar-refractivity contribution < 1.29 is 5.11 Å². The van der Waals surface area contributed by atoms with Gasteiger partial charge in [-0.2, -0.15) is 0 Å². The van der Waals surface area contributed by atoms with Gasteiger partial charge in [-0.05, 0) is 18.2 Å². The molecule has 15 heavy (non-hydrogen) atoms. The van der Waals surface area contributed by atoms with E-state index in [9.17, 15) is 5.11 Å². The summed E-state index contributed by atoms with van der Waals surface area (Å²) in [5.41, 5.74) is 0.800. The van der Waals surface area contributed by atoms with Crippen LogP contribution in [0.2, 0.25) is 0 Å². The summed E-state index contributed by atoms with van der Waals surface area (Å²) in [6, 6.07) is 5.00. The third-order valence-electron chi connectivity index (χ3n) is 2.03. The highest BCUT2D eigenvalue weighted by Crippen LogP contribution is 2.23. The van der Waals surface area contributed by atoms with Crippen LogP contribution in [0.4, 0.5) is 5.82 Å². The fraction of sp³-hybridized carbons (Fsp3) is 0.0909. The molecule has 1 aromatic heterocycles. The largest absolute Gasteiger partial charge is 0.508 e. The number of hydrogen-bond donors (Lipinski definition) is 2. The first-order valence-corrected chi connectivity index (χ1v) is 4.60. The molecular weight excluding hydrogens is 190 g/mol. The molecule has 0 aliphatic heterocycles. The Morgan fingerprint density at radius 2 is 2.27 bits per heavy atom. The molecule has 0 atom stereocenters. The maximum absolute atomic E-state index is 9.38. The van der Waals surface area contributed by atoms with E-state index in [1.54, 1.807) is 24.3 Å². The van der Waals surface area contributed by atoms with Crippen LogP contribution in [0.25, 0.3) is 10.9 Å². The van der Waals surface area contributed by atoms with Crippen LogP contribution in [0.1, 0.15) is 0 Å². The van der Waals surface area contributed by atoms with Crippen LogP contribution in [-0.2, 0) is 0 Å². The van der Waals surface area contributed by atoms with Gasteiger partial charge in [0.15, 0.2) is 0 Å². The topological polar surface area (TPSA) is 58.0 Å². The summed E-state index contributed by atoms with van der Waals surface area (Å²) in [6.07, 6.45) is 3.24. The quantitative estimate of drug-likeness (QED) is 0.745. The number of rotatable bonds is 3. The summed E-state index contributed by atoms with van der Waals surface area (Å²) in [6.45, 7) is 4.24. The van der Waals surface area contributed by atoms with E-state index in [0.29, 0.717) is 12.4 Å². The van der Waals surface area contributed by atoms with Crippen LogP contribution in [0, 0.1) is 0 Å². The van der Waals surface area contributed by atoms with Gasteiger partial charge in [-0.1, -0.05) is 6.08 Å². The molecule has 0 bridgehead atoms. The van der Waals surface area contributed by atoms with Crippen molar-refractivity contribution in [3.05, 3.63) is 37.2 Å². The number of hydrogen-bond acceptors (Lipinski definition) is 4. The van der Waals surface area contributed by atoms with Gasteiger partial charge in [0.1, 0.15) is 17.9 Å². The molecule has 0 saturated heterocycles. The van der Waals surface area contributed by atoms with Crippen LogP contribution < -0.4 is 5.32 Å². The third kappa shape index (κ3) is 1.88. The fourth-order valence-corrected chi connectivity index (χ4v) is 1.35. The molecule has 1 aromatic carbocycles. The summed E-state index contributed by atoms with van der Waals surface area (Å²) in [7, 11) is 0. The van der Waals surface area contributed by atoms with Crippen molar-refractivity contribution in [2.24, 2.45) is 0 Å². The lowest BCUT2D eigenvalue weighted by atomic mass is 10.2. The molecular formula is C11H11N3O. The zero-order valence-electron chi connectivity index (χ0n) is 8.14. The molecule has 4 heteroatoms. The summed E-state index contributed by atoms with van der Waals surface area (Å²) >= 11 is 0. The van der Waals surface area contributed by atoms with Gasteiger partial charge in [-0.3, -0.25) is 0 Å². The lowest BCUT2D eigenvalue weighted by Gasteiger charge is -2.05. The highest BCUT2D eigenvalue weighted by atomic mass is 16.3. The van der Waals surface area contributed by atoms with Gasteiger partial charge >= 0.3 is 0 Å². The average Bonchev–Trinajstić information content (AvgIpc) is 2.26. The standard InChI is InChI=1S/C11H11N3O/c1-2-5-12-11-9-6-8(15)3-4-10(9)13-7-14-11/h2-4,6-7,15H,1,5H2,(H,12,13,14). The molecule has 0 aliphatic carbocycles. The third-order valence-corrected chi connectivity index (χ3v) is 2.03. The zero-order chi connectivity index (χ0) is 10.7. The van der Waals surface area contributed by atoms with Crippen molar-refractivity contribution in [1.82, 2.24) is 9.97 Å². The highest BCUT2D eigenvalue weighted by Gasteiger charge is 2.02. The molecule has 0 radical (unpaired) electrons. The van der Waals surface area contributed by atoms with Crippen LogP contribution in [0.3, 0.4) is 0 Å². The number of nitrogens with one attached hydrogen (secondary N) is 1. The van der Waals surface area contributed by atoms with E-state index in [1.165, 1.54) is 6.33 Å². The molecule has 1 heterocycles. The average molecular weight is 201 g/mol. The minimum atomic E-state index is 0.207. The van der Waals surface area contributed by atoms with Gasteiger partial charge in [-0.25, -0.2) is 9.97 Å². The Morgan fingerprint density at radius 1 is 1.40 bits per heavy atom. The first-order chi connectivity index (χ1) is 7.31. The minimum absolute atomic E-state index is 0.207. The van der Waals surface area contributed by atoms with E-state index < -0.39 is 0 Å². The van der Waals surface area contributed by atoms with Crippen molar-refractivity contribution >= 4 is 16.7 Å².